The van der Waals surface area contributed by atoms with Gasteiger partial charge >= 0.3 is 0 Å². The number of carbonyl (C=O) groups is 2. The second-order valence-electron chi connectivity index (χ2n) is 4.67. The number of piperazine rings is 1. The molecule has 0 aliphatic carbocycles. The van der Waals surface area contributed by atoms with E-state index in [-0.39, 0.29) is 17.9 Å². The fourth-order valence-corrected chi connectivity index (χ4v) is 2.25. The molecule has 1 saturated heterocycles. The van der Waals surface area contributed by atoms with E-state index in [1.165, 1.54) is 0 Å². The fraction of sp³-hybridized carbons (Fsp3) is 0.583. The van der Waals surface area contributed by atoms with Gasteiger partial charge in [0.2, 0.25) is 5.91 Å². The predicted octanol–water partition coefficient (Wildman–Crippen LogP) is 0.113. The summed E-state index contributed by atoms with van der Waals surface area (Å²) in [6.45, 7) is 5.26. The first kappa shape index (κ1) is 12.6. The van der Waals surface area contributed by atoms with Crippen molar-refractivity contribution in [3.8, 4) is 0 Å². The van der Waals surface area contributed by atoms with Crippen LogP contribution in [0.25, 0.3) is 0 Å². The zero-order valence-electron chi connectivity index (χ0n) is 11.0. The van der Waals surface area contributed by atoms with E-state index in [0.717, 1.165) is 0 Å². The Kier molecular flexibility index (Phi) is 3.36. The number of hydrogen-bond acceptors (Lipinski definition) is 3. The van der Waals surface area contributed by atoms with Crippen molar-refractivity contribution in [3.05, 3.63) is 18.2 Å². The molecule has 0 radical (unpaired) electrons. The van der Waals surface area contributed by atoms with E-state index in [1.54, 1.807) is 40.7 Å². The maximum atomic E-state index is 12.3. The summed E-state index contributed by atoms with van der Waals surface area (Å²) in [5.41, 5.74) is 0. The summed E-state index contributed by atoms with van der Waals surface area (Å²) < 4.78 is 1.71. The van der Waals surface area contributed by atoms with Gasteiger partial charge < -0.3 is 14.4 Å². The third-order valence-corrected chi connectivity index (χ3v) is 3.35. The number of nitrogens with zero attached hydrogens (tertiary/aromatic N) is 4. The molecule has 98 valence electrons. The third kappa shape index (κ3) is 2.23. The number of rotatable bonds is 1. The highest BCUT2D eigenvalue weighted by Crippen LogP contribution is 2.13. The Morgan fingerprint density at radius 1 is 1.39 bits per heavy atom. The molecule has 1 atom stereocenters. The Balaban J connectivity index is 2.10. The molecule has 6 heteroatoms. The van der Waals surface area contributed by atoms with Crippen LogP contribution < -0.4 is 0 Å². The number of hydrogen-bond donors (Lipinski definition) is 0. The van der Waals surface area contributed by atoms with Gasteiger partial charge in [0.15, 0.2) is 5.82 Å². The molecule has 0 aromatic carbocycles. The average molecular weight is 250 g/mol. The molecule has 0 saturated carbocycles. The molecule has 1 unspecified atom stereocenters. The first-order valence-corrected chi connectivity index (χ1v) is 6.04. The monoisotopic (exact) mass is 250 g/mol. The molecule has 1 aliphatic heterocycles. The van der Waals surface area contributed by atoms with Crippen LogP contribution in [0.5, 0.6) is 0 Å². The Hall–Kier alpha value is -1.85. The van der Waals surface area contributed by atoms with Crippen LogP contribution in [0.1, 0.15) is 24.5 Å². The minimum absolute atomic E-state index is 0.0202. The number of carbonyl (C=O) groups excluding carboxylic acids is 2. The molecule has 2 heterocycles. The lowest BCUT2D eigenvalue weighted by Crippen LogP contribution is -2.55. The summed E-state index contributed by atoms with van der Waals surface area (Å²) >= 11 is 0. The van der Waals surface area contributed by atoms with E-state index >= 15 is 0 Å². The van der Waals surface area contributed by atoms with Crippen LogP contribution in [0.3, 0.4) is 0 Å². The van der Waals surface area contributed by atoms with E-state index in [0.29, 0.717) is 25.5 Å². The quantitative estimate of drug-likeness (QED) is 0.711. The molecule has 1 aromatic heterocycles. The summed E-state index contributed by atoms with van der Waals surface area (Å²) in [6, 6.07) is 0.0202. The van der Waals surface area contributed by atoms with Gasteiger partial charge in [0.1, 0.15) is 0 Å². The summed E-state index contributed by atoms with van der Waals surface area (Å²) in [5.74, 6) is 0.433. The van der Waals surface area contributed by atoms with Crippen LogP contribution in [0.15, 0.2) is 12.4 Å². The van der Waals surface area contributed by atoms with Gasteiger partial charge in [0.05, 0.1) is 0 Å². The van der Waals surface area contributed by atoms with Crippen molar-refractivity contribution in [1.29, 1.82) is 0 Å². The van der Waals surface area contributed by atoms with E-state index in [1.807, 2.05) is 6.92 Å². The fourth-order valence-electron chi connectivity index (χ4n) is 2.25. The van der Waals surface area contributed by atoms with Crippen LogP contribution in [-0.4, -0.2) is 56.8 Å². The Bertz CT molecular complexity index is 468. The lowest BCUT2D eigenvalue weighted by atomic mass is 10.2. The van der Waals surface area contributed by atoms with Crippen molar-refractivity contribution in [2.24, 2.45) is 7.05 Å². The number of amides is 2. The van der Waals surface area contributed by atoms with Gasteiger partial charge in [-0.15, -0.1) is 0 Å². The molecule has 18 heavy (non-hydrogen) atoms. The zero-order valence-corrected chi connectivity index (χ0v) is 11.0. The molecule has 0 bridgehead atoms. The first-order valence-electron chi connectivity index (χ1n) is 6.04. The standard InChI is InChI=1S/C12H18N4O2/c1-9-8-15(10(2)17)6-7-16(9)12(18)11-13-4-5-14(11)3/h4-5,9H,6-8H2,1-3H3. The molecule has 6 nitrogen and oxygen atoms in total. The highest BCUT2D eigenvalue weighted by atomic mass is 16.2. The van der Waals surface area contributed by atoms with E-state index in [2.05, 4.69) is 4.98 Å². The van der Waals surface area contributed by atoms with Crippen molar-refractivity contribution >= 4 is 11.8 Å². The van der Waals surface area contributed by atoms with E-state index in [9.17, 15) is 9.59 Å². The number of aryl methyl sites for hydroxylation is 1. The van der Waals surface area contributed by atoms with E-state index < -0.39 is 0 Å². The SMILES string of the molecule is CC(=O)N1CCN(C(=O)c2nccn2C)C(C)C1. The Morgan fingerprint density at radius 2 is 2.11 bits per heavy atom. The summed E-state index contributed by atoms with van der Waals surface area (Å²) in [5, 5.41) is 0. The third-order valence-electron chi connectivity index (χ3n) is 3.35. The Labute approximate surface area is 106 Å². The highest BCUT2D eigenvalue weighted by molar-refractivity contribution is 5.91. The van der Waals surface area contributed by atoms with E-state index in [4.69, 9.17) is 0 Å². The molecule has 1 aromatic rings. The zero-order chi connectivity index (χ0) is 13.3. The maximum Gasteiger partial charge on any atom is 0.290 e. The first-order chi connectivity index (χ1) is 8.50. The Morgan fingerprint density at radius 3 is 2.61 bits per heavy atom. The predicted molar refractivity (Wildman–Crippen MR) is 66.0 cm³/mol. The molecular formula is C12H18N4O2. The largest absolute Gasteiger partial charge is 0.339 e. The minimum atomic E-state index is -0.0711. The normalized spacial score (nSPS) is 20.1. The molecule has 2 rings (SSSR count). The second kappa shape index (κ2) is 4.80. The summed E-state index contributed by atoms with van der Waals surface area (Å²) in [6.07, 6.45) is 3.37. The van der Waals surface area contributed by atoms with Crippen molar-refractivity contribution in [2.75, 3.05) is 19.6 Å². The smallest absolute Gasteiger partial charge is 0.290 e. The van der Waals surface area contributed by atoms with Gasteiger partial charge in [-0.2, -0.15) is 0 Å². The number of aromatic nitrogens is 2. The average Bonchev–Trinajstić information content (AvgIpc) is 2.74. The van der Waals surface area contributed by atoms with Crippen molar-refractivity contribution in [2.45, 2.75) is 19.9 Å². The van der Waals surface area contributed by atoms with Crippen LogP contribution in [0, 0.1) is 0 Å². The molecular weight excluding hydrogens is 232 g/mol. The van der Waals surface area contributed by atoms with Crippen LogP contribution >= 0.6 is 0 Å². The van der Waals surface area contributed by atoms with Gasteiger partial charge in [-0.3, -0.25) is 9.59 Å². The number of imidazole rings is 1. The molecule has 2 amide bonds. The van der Waals surface area contributed by atoms with Crippen LogP contribution in [0.4, 0.5) is 0 Å². The molecule has 0 N–H and O–H groups in total. The van der Waals surface area contributed by atoms with Crippen molar-refractivity contribution in [3.63, 3.8) is 0 Å². The van der Waals surface area contributed by atoms with Crippen LogP contribution in [0.2, 0.25) is 0 Å². The molecule has 1 fully saturated rings. The highest BCUT2D eigenvalue weighted by Gasteiger charge is 2.30. The van der Waals surface area contributed by atoms with Gasteiger partial charge in [-0.05, 0) is 6.92 Å². The maximum absolute atomic E-state index is 12.3. The van der Waals surface area contributed by atoms with Gasteiger partial charge in [0.25, 0.3) is 5.91 Å². The van der Waals surface area contributed by atoms with Crippen molar-refractivity contribution in [1.82, 2.24) is 19.4 Å². The molecule has 1 aliphatic rings. The van der Waals surface area contributed by atoms with Crippen molar-refractivity contribution < 1.29 is 9.59 Å². The second-order valence-corrected chi connectivity index (χ2v) is 4.67. The van der Waals surface area contributed by atoms with Gasteiger partial charge in [-0.1, -0.05) is 0 Å². The van der Waals surface area contributed by atoms with Gasteiger partial charge in [-0.25, -0.2) is 4.98 Å². The summed E-state index contributed by atoms with van der Waals surface area (Å²) in [4.78, 5) is 31.2. The minimum Gasteiger partial charge on any atom is -0.339 e. The van der Waals surface area contributed by atoms with Crippen LogP contribution in [-0.2, 0) is 11.8 Å². The molecule has 0 spiro atoms. The summed E-state index contributed by atoms with van der Waals surface area (Å²) in [7, 11) is 1.80. The van der Waals surface area contributed by atoms with Gasteiger partial charge in [0, 0.05) is 52.0 Å². The topological polar surface area (TPSA) is 58.4 Å². The lowest BCUT2D eigenvalue weighted by molar-refractivity contribution is -0.131. The lowest BCUT2D eigenvalue weighted by Gasteiger charge is -2.39.